The van der Waals surface area contributed by atoms with Crippen LogP contribution in [0.15, 0.2) is 48.7 Å². The second-order valence-corrected chi connectivity index (χ2v) is 6.64. The standard InChI is InChI=1S/C21H19N3O5/c25-20(26)13-3-1-4-14(11-13)23-18-15-5-2-6-17(24-7-9-29-10-8-24)19(15)22-12-16(18)21(27)28/h1-6,11-12H,7-10H2,(H,22,23)(H,25,26)(H,27,28). The number of hydrogen-bond donors (Lipinski definition) is 3. The molecule has 1 aromatic heterocycles. The number of aromatic nitrogens is 1. The smallest absolute Gasteiger partial charge is 0.339 e. The first-order chi connectivity index (χ1) is 14.0. The summed E-state index contributed by atoms with van der Waals surface area (Å²) < 4.78 is 5.42. The van der Waals surface area contributed by atoms with E-state index in [1.165, 1.54) is 18.3 Å². The normalized spacial score (nSPS) is 14.0. The van der Waals surface area contributed by atoms with Gasteiger partial charge in [-0.15, -0.1) is 0 Å². The van der Waals surface area contributed by atoms with Gasteiger partial charge in [-0.3, -0.25) is 4.98 Å². The number of para-hydroxylation sites is 1. The van der Waals surface area contributed by atoms with Crippen molar-refractivity contribution in [3.63, 3.8) is 0 Å². The molecule has 2 aromatic carbocycles. The first kappa shape index (κ1) is 18.7. The fourth-order valence-electron chi connectivity index (χ4n) is 3.44. The minimum atomic E-state index is -1.12. The topological polar surface area (TPSA) is 112 Å². The van der Waals surface area contributed by atoms with Gasteiger partial charge in [0, 0.05) is 30.4 Å². The molecule has 1 fully saturated rings. The third-order valence-corrected chi connectivity index (χ3v) is 4.84. The highest BCUT2D eigenvalue weighted by atomic mass is 16.5. The van der Waals surface area contributed by atoms with Gasteiger partial charge in [-0.05, 0) is 24.3 Å². The summed E-state index contributed by atoms with van der Waals surface area (Å²) in [6.45, 7) is 2.70. The number of morpholine rings is 1. The monoisotopic (exact) mass is 393 g/mol. The van der Waals surface area contributed by atoms with Crippen LogP contribution in [0, 0.1) is 0 Å². The fraction of sp³-hybridized carbons (Fsp3) is 0.190. The predicted octanol–water partition coefficient (Wildman–Crippen LogP) is 3.21. The van der Waals surface area contributed by atoms with Gasteiger partial charge in [0.1, 0.15) is 5.56 Å². The lowest BCUT2D eigenvalue weighted by Crippen LogP contribution is -2.36. The van der Waals surface area contributed by atoms with E-state index in [1.807, 2.05) is 18.2 Å². The number of hydrogen-bond acceptors (Lipinski definition) is 6. The number of rotatable bonds is 5. The average Bonchev–Trinajstić information content (AvgIpc) is 2.74. The van der Waals surface area contributed by atoms with Crippen LogP contribution in [-0.4, -0.2) is 53.4 Å². The maximum atomic E-state index is 11.8. The molecule has 1 aliphatic heterocycles. The Balaban J connectivity index is 1.84. The van der Waals surface area contributed by atoms with Crippen LogP contribution >= 0.6 is 0 Å². The second-order valence-electron chi connectivity index (χ2n) is 6.64. The molecule has 0 atom stereocenters. The van der Waals surface area contributed by atoms with Gasteiger partial charge in [0.25, 0.3) is 0 Å². The largest absolute Gasteiger partial charge is 0.478 e. The summed E-state index contributed by atoms with van der Waals surface area (Å²) >= 11 is 0. The number of nitrogens with zero attached hydrogens (tertiary/aromatic N) is 2. The van der Waals surface area contributed by atoms with Crippen molar-refractivity contribution in [2.24, 2.45) is 0 Å². The number of ether oxygens (including phenoxy) is 1. The molecule has 1 saturated heterocycles. The summed E-state index contributed by atoms with van der Waals surface area (Å²) in [5, 5.41) is 22.6. The number of anilines is 3. The predicted molar refractivity (Wildman–Crippen MR) is 108 cm³/mol. The molecule has 0 bridgehead atoms. The van der Waals surface area contributed by atoms with Crippen LogP contribution in [0.25, 0.3) is 10.9 Å². The quantitative estimate of drug-likeness (QED) is 0.606. The number of pyridine rings is 1. The molecule has 0 saturated carbocycles. The molecule has 3 aromatic rings. The van der Waals surface area contributed by atoms with Crippen molar-refractivity contribution < 1.29 is 24.5 Å². The van der Waals surface area contributed by atoms with Crippen LogP contribution in [0.3, 0.4) is 0 Å². The van der Waals surface area contributed by atoms with Crippen molar-refractivity contribution in [1.82, 2.24) is 4.98 Å². The first-order valence-electron chi connectivity index (χ1n) is 9.12. The molecule has 0 unspecified atom stereocenters. The molecule has 8 heteroatoms. The highest BCUT2D eigenvalue weighted by Gasteiger charge is 2.20. The van der Waals surface area contributed by atoms with Crippen LogP contribution in [-0.2, 0) is 4.74 Å². The summed E-state index contributed by atoms with van der Waals surface area (Å²) in [4.78, 5) is 29.7. The Morgan fingerprint density at radius 3 is 2.52 bits per heavy atom. The van der Waals surface area contributed by atoms with Crippen molar-refractivity contribution >= 4 is 39.9 Å². The number of aromatic carboxylic acids is 2. The van der Waals surface area contributed by atoms with Gasteiger partial charge in [-0.2, -0.15) is 0 Å². The van der Waals surface area contributed by atoms with Crippen molar-refractivity contribution in [1.29, 1.82) is 0 Å². The third-order valence-electron chi connectivity index (χ3n) is 4.84. The molecule has 8 nitrogen and oxygen atoms in total. The molecule has 0 radical (unpaired) electrons. The van der Waals surface area contributed by atoms with Gasteiger partial charge in [-0.1, -0.05) is 18.2 Å². The molecule has 3 N–H and O–H groups in total. The van der Waals surface area contributed by atoms with E-state index in [4.69, 9.17) is 4.74 Å². The first-order valence-corrected chi connectivity index (χ1v) is 9.12. The van der Waals surface area contributed by atoms with Crippen molar-refractivity contribution in [2.75, 3.05) is 36.5 Å². The fourth-order valence-corrected chi connectivity index (χ4v) is 3.44. The van der Waals surface area contributed by atoms with Gasteiger partial charge in [0.2, 0.25) is 0 Å². The van der Waals surface area contributed by atoms with E-state index < -0.39 is 11.9 Å². The van der Waals surface area contributed by atoms with Gasteiger partial charge in [0.05, 0.1) is 35.7 Å². The van der Waals surface area contributed by atoms with Crippen molar-refractivity contribution in [3.8, 4) is 0 Å². The van der Waals surface area contributed by atoms with E-state index in [0.29, 0.717) is 35.5 Å². The summed E-state index contributed by atoms with van der Waals surface area (Å²) in [5.74, 6) is -2.17. The summed E-state index contributed by atoms with van der Waals surface area (Å²) in [5.41, 5.74) is 2.56. The zero-order valence-electron chi connectivity index (χ0n) is 15.5. The Bertz CT molecular complexity index is 1090. The highest BCUT2D eigenvalue weighted by molar-refractivity contribution is 6.08. The van der Waals surface area contributed by atoms with E-state index in [2.05, 4.69) is 15.2 Å². The lowest BCUT2D eigenvalue weighted by atomic mass is 10.1. The zero-order chi connectivity index (χ0) is 20.4. The molecule has 148 valence electrons. The molecule has 29 heavy (non-hydrogen) atoms. The molecule has 0 aliphatic carbocycles. The molecular formula is C21H19N3O5. The van der Waals surface area contributed by atoms with Gasteiger partial charge in [0.15, 0.2) is 0 Å². The van der Waals surface area contributed by atoms with Crippen molar-refractivity contribution in [2.45, 2.75) is 0 Å². The lowest BCUT2D eigenvalue weighted by molar-refractivity contribution is 0.0686. The molecular weight excluding hydrogens is 374 g/mol. The number of carboxylic acid groups (broad SMARTS) is 2. The average molecular weight is 393 g/mol. The Hall–Kier alpha value is -3.65. The van der Waals surface area contributed by atoms with Gasteiger partial charge >= 0.3 is 11.9 Å². The zero-order valence-corrected chi connectivity index (χ0v) is 15.5. The number of carbonyl (C=O) groups is 2. The van der Waals surface area contributed by atoms with Gasteiger partial charge < -0.3 is 25.2 Å². The van der Waals surface area contributed by atoms with E-state index in [-0.39, 0.29) is 11.1 Å². The number of nitrogens with one attached hydrogen (secondary N) is 1. The Labute approximate surface area is 166 Å². The van der Waals surface area contributed by atoms with E-state index in [0.717, 1.165) is 18.8 Å². The Kier molecular flexibility index (Phi) is 5.01. The summed E-state index contributed by atoms with van der Waals surface area (Å²) in [6.07, 6.45) is 1.33. The lowest BCUT2D eigenvalue weighted by Gasteiger charge is -2.29. The minimum absolute atomic E-state index is 0.0114. The van der Waals surface area contributed by atoms with Gasteiger partial charge in [-0.25, -0.2) is 9.59 Å². The number of benzene rings is 2. The summed E-state index contributed by atoms with van der Waals surface area (Å²) in [6, 6.07) is 11.9. The molecule has 4 rings (SSSR count). The van der Waals surface area contributed by atoms with E-state index in [1.54, 1.807) is 12.1 Å². The van der Waals surface area contributed by atoms with Crippen molar-refractivity contribution in [3.05, 3.63) is 59.8 Å². The molecule has 0 amide bonds. The molecule has 2 heterocycles. The Morgan fingerprint density at radius 1 is 1.03 bits per heavy atom. The maximum Gasteiger partial charge on any atom is 0.339 e. The summed E-state index contributed by atoms with van der Waals surface area (Å²) in [7, 11) is 0. The number of carboxylic acids is 2. The Morgan fingerprint density at radius 2 is 1.79 bits per heavy atom. The minimum Gasteiger partial charge on any atom is -0.478 e. The molecule has 0 spiro atoms. The molecule has 1 aliphatic rings. The van der Waals surface area contributed by atoms with Crippen LogP contribution in [0.1, 0.15) is 20.7 Å². The third kappa shape index (κ3) is 3.70. The van der Waals surface area contributed by atoms with Crippen LogP contribution in [0.4, 0.5) is 17.1 Å². The SMILES string of the molecule is O=C(O)c1cccc(Nc2c(C(=O)O)cnc3c(N4CCOCC4)cccc23)c1. The number of fused-ring (bicyclic) bond motifs is 1. The second kappa shape index (κ2) is 7.76. The highest BCUT2D eigenvalue weighted by Crippen LogP contribution is 2.34. The van der Waals surface area contributed by atoms with E-state index in [9.17, 15) is 19.8 Å². The van der Waals surface area contributed by atoms with Crippen LogP contribution < -0.4 is 10.2 Å². The maximum absolute atomic E-state index is 11.8. The van der Waals surface area contributed by atoms with Crippen LogP contribution in [0.2, 0.25) is 0 Å². The van der Waals surface area contributed by atoms with Crippen LogP contribution in [0.5, 0.6) is 0 Å². The van der Waals surface area contributed by atoms with E-state index >= 15 is 0 Å².